The van der Waals surface area contributed by atoms with Crippen LogP contribution in [-0.4, -0.2) is 106 Å². The summed E-state index contributed by atoms with van der Waals surface area (Å²) in [6.07, 6.45) is 4.04. The van der Waals surface area contributed by atoms with Gasteiger partial charge in [0.2, 0.25) is 0 Å². The van der Waals surface area contributed by atoms with E-state index in [9.17, 15) is 9.59 Å². The second-order valence-electron chi connectivity index (χ2n) is 14.1. The number of nitrogens with zero attached hydrogens (tertiary/aromatic N) is 2. The molecule has 2 heterocycles. The summed E-state index contributed by atoms with van der Waals surface area (Å²) in [7, 11) is 3.29. The Kier molecular flexibility index (Phi) is 13.1. The Morgan fingerprint density at radius 1 is 1.00 bits per heavy atom. The number of ether oxygens (including phenoxy) is 7. The van der Waals surface area contributed by atoms with Crippen LogP contribution in [0.4, 0.5) is 9.59 Å². The van der Waals surface area contributed by atoms with Crippen molar-refractivity contribution in [3.63, 3.8) is 0 Å². The number of benzene rings is 1. The predicted molar refractivity (Wildman–Crippen MR) is 174 cm³/mol. The molecule has 1 aromatic rings. The molecule has 1 aromatic carbocycles. The standard InChI is InChI=1S/C35H56N2O9/c1-24(2)31(44-29-11-12-30(41-7)32(20-29)43-16-8-15-40-6)19-25-21-36(33(38)46-35(3,4)5)22-26(25)23-37(27-9-10-27)34(39)45-28-13-17-42-18-14-28/h11-12,20,24-28,31H,8-10,13-19,21-23H2,1-7H3/t25-,26+,31?/m1/s1. The lowest BCUT2D eigenvalue weighted by Crippen LogP contribution is -2.42. The fourth-order valence-corrected chi connectivity index (χ4v) is 6.06. The number of rotatable bonds is 15. The second-order valence-corrected chi connectivity index (χ2v) is 14.1. The van der Waals surface area contributed by atoms with Crippen molar-refractivity contribution in [2.75, 3.05) is 60.3 Å². The van der Waals surface area contributed by atoms with Crippen LogP contribution in [0.5, 0.6) is 17.2 Å². The number of carbonyl (C=O) groups excluding carboxylic acids is 2. The number of amides is 2. The first-order chi connectivity index (χ1) is 22.0. The molecular formula is C35H56N2O9. The van der Waals surface area contributed by atoms with Crippen LogP contribution < -0.4 is 14.2 Å². The molecule has 2 aliphatic heterocycles. The summed E-state index contributed by atoms with van der Waals surface area (Å²) in [6, 6.07) is 5.82. The highest BCUT2D eigenvalue weighted by atomic mass is 16.6. The molecule has 1 unspecified atom stereocenters. The average molecular weight is 649 g/mol. The molecule has 46 heavy (non-hydrogen) atoms. The molecule has 260 valence electrons. The zero-order chi connectivity index (χ0) is 33.3. The van der Waals surface area contributed by atoms with Gasteiger partial charge in [-0.05, 0) is 69.9 Å². The molecule has 3 fully saturated rings. The summed E-state index contributed by atoms with van der Waals surface area (Å²) in [5.41, 5.74) is -0.598. The molecule has 0 aromatic heterocycles. The van der Waals surface area contributed by atoms with Gasteiger partial charge in [-0.2, -0.15) is 0 Å². The van der Waals surface area contributed by atoms with E-state index in [2.05, 4.69) is 13.8 Å². The number of hydrogen-bond donors (Lipinski definition) is 0. The van der Waals surface area contributed by atoms with Crippen molar-refractivity contribution in [1.82, 2.24) is 9.80 Å². The SMILES string of the molecule is COCCCOc1cc(OC(C[C@@H]2CN(C(=O)OC(C)(C)C)C[C@H]2CN(C(=O)OC2CCOCC2)C2CC2)C(C)C)ccc1OC. The molecule has 11 nitrogen and oxygen atoms in total. The maximum Gasteiger partial charge on any atom is 0.410 e. The highest BCUT2D eigenvalue weighted by molar-refractivity contribution is 5.69. The first-order valence-electron chi connectivity index (χ1n) is 17.0. The number of hydrogen-bond acceptors (Lipinski definition) is 9. The maximum atomic E-state index is 13.5. The molecule has 1 saturated carbocycles. The molecule has 3 atom stereocenters. The van der Waals surface area contributed by atoms with E-state index in [1.807, 2.05) is 43.9 Å². The summed E-state index contributed by atoms with van der Waals surface area (Å²) in [5, 5.41) is 0. The van der Waals surface area contributed by atoms with Crippen LogP contribution in [0.2, 0.25) is 0 Å². The van der Waals surface area contributed by atoms with Gasteiger partial charge in [0.05, 0.1) is 26.9 Å². The monoisotopic (exact) mass is 648 g/mol. The molecule has 11 heteroatoms. The molecule has 0 spiro atoms. The van der Waals surface area contributed by atoms with Crippen LogP contribution in [0.25, 0.3) is 0 Å². The smallest absolute Gasteiger partial charge is 0.410 e. The minimum absolute atomic E-state index is 0.0516. The van der Waals surface area contributed by atoms with Crippen LogP contribution in [-0.2, 0) is 18.9 Å². The van der Waals surface area contributed by atoms with Crippen LogP contribution in [0.3, 0.4) is 0 Å². The van der Waals surface area contributed by atoms with E-state index < -0.39 is 5.60 Å². The van der Waals surface area contributed by atoms with E-state index in [1.165, 1.54) is 0 Å². The quantitative estimate of drug-likeness (QED) is 0.207. The Hall–Kier alpha value is -2.92. The summed E-state index contributed by atoms with van der Waals surface area (Å²) in [6.45, 7) is 13.9. The van der Waals surface area contributed by atoms with Crippen molar-refractivity contribution in [2.45, 2.75) is 97.0 Å². The van der Waals surface area contributed by atoms with Gasteiger partial charge in [0.15, 0.2) is 11.5 Å². The molecule has 0 radical (unpaired) electrons. The Labute approximate surface area is 275 Å². The fourth-order valence-electron chi connectivity index (χ4n) is 6.06. The highest BCUT2D eigenvalue weighted by Crippen LogP contribution is 2.37. The van der Waals surface area contributed by atoms with Crippen LogP contribution in [0.15, 0.2) is 18.2 Å². The normalized spacial score (nSPS) is 21.2. The largest absolute Gasteiger partial charge is 0.493 e. The van der Waals surface area contributed by atoms with Crippen LogP contribution in [0.1, 0.15) is 73.1 Å². The Balaban J connectivity index is 1.49. The number of carbonyl (C=O) groups is 2. The molecule has 0 N–H and O–H groups in total. The van der Waals surface area contributed by atoms with Crippen molar-refractivity contribution in [3.05, 3.63) is 18.2 Å². The Morgan fingerprint density at radius 2 is 1.72 bits per heavy atom. The molecule has 0 bridgehead atoms. The summed E-state index contributed by atoms with van der Waals surface area (Å²) in [5.74, 6) is 2.30. The number of methoxy groups -OCH3 is 2. The van der Waals surface area contributed by atoms with Gasteiger partial charge in [0, 0.05) is 64.7 Å². The third-order valence-corrected chi connectivity index (χ3v) is 8.77. The lowest BCUT2D eigenvalue weighted by atomic mass is 9.87. The predicted octanol–water partition coefficient (Wildman–Crippen LogP) is 6.17. The van der Waals surface area contributed by atoms with Gasteiger partial charge in [-0.25, -0.2) is 9.59 Å². The van der Waals surface area contributed by atoms with E-state index in [-0.39, 0.29) is 48.2 Å². The lowest BCUT2D eigenvalue weighted by Gasteiger charge is -2.32. The van der Waals surface area contributed by atoms with E-state index in [4.69, 9.17) is 33.2 Å². The number of likely N-dealkylation sites (tertiary alicyclic amines) is 1. The van der Waals surface area contributed by atoms with E-state index in [0.29, 0.717) is 69.7 Å². The fraction of sp³-hybridized carbons (Fsp3) is 0.771. The molecular weight excluding hydrogens is 592 g/mol. The Bertz CT molecular complexity index is 1110. The van der Waals surface area contributed by atoms with Gasteiger partial charge in [-0.3, -0.25) is 0 Å². The molecule has 3 aliphatic rings. The van der Waals surface area contributed by atoms with Gasteiger partial charge < -0.3 is 43.0 Å². The Morgan fingerprint density at radius 3 is 2.35 bits per heavy atom. The molecule has 2 saturated heterocycles. The van der Waals surface area contributed by atoms with Crippen LogP contribution in [0, 0.1) is 17.8 Å². The molecule has 4 rings (SSSR count). The van der Waals surface area contributed by atoms with Crippen molar-refractivity contribution in [3.8, 4) is 17.2 Å². The highest BCUT2D eigenvalue weighted by Gasteiger charge is 2.43. The van der Waals surface area contributed by atoms with Crippen LogP contribution >= 0.6 is 0 Å². The summed E-state index contributed by atoms with van der Waals surface area (Å²) >= 11 is 0. The maximum absolute atomic E-state index is 13.5. The zero-order valence-electron chi connectivity index (χ0n) is 29.0. The third-order valence-electron chi connectivity index (χ3n) is 8.77. The first kappa shape index (κ1) is 35.9. The van der Waals surface area contributed by atoms with Gasteiger partial charge in [-0.1, -0.05) is 13.8 Å². The van der Waals surface area contributed by atoms with E-state index in [1.54, 1.807) is 19.1 Å². The van der Waals surface area contributed by atoms with E-state index >= 15 is 0 Å². The van der Waals surface area contributed by atoms with Gasteiger partial charge in [-0.15, -0.1) is 0 Å². The van der Waals surface area contributed by atoms with Crippen molar-refractivity contribution >= 4 is 12.2 Å². The topological polar surface area (TPSA) is 105 Å². The zero-order valence-corrected chi connectivity index (χ0v) is 29.0. The van der Waals surface area contributed by atoms with Gasteiger partial charge in [0.25, 0.3) is 0 Å². The summed E-state index contributed by atoms with van der Waals surface area (Å²) in [4.78, 5) is 30.4. The van der Waals surface area contributed by atoms with E-state index in [0.717, 1.165) is 32.1 Å². The van der Waals surface area contributed by atoms with Crippen molar-refractivity contribution in [1.29, 1.82) is 0 Å². The molecule has 1 aliphatic carbocycles. The minimum Gasteiger partial charge on any atom is -0.493 e. The first-order valence-corrected chi connectivity index (χ1v) is 17.0. The molecule has 2 amide bonds. The van der Waals surface area contributed by atoms with Crippen molar-refractivity contribution in [2.24, 2.45) is 17.8 Å². The summed E-state index contributed by atoms with van der Waals surface area (Å²) < 4.78 is 40.5. The average Bonchev–Trinajstić information content (AvgIpc) is 3.77. The van der Waals surface area contributed by atoms with Gasteiger partial charge >= 0.3 is 12.2 Å². The second kappa shape index (κ2) is 16.8. The van der Waals surface area contributed by atoms with Gasteiger partial charge in [0.1, 0.15) is 23.6 Å². The third kappa shape index (κ3) is 10.8. The van der Waals surface area contributed by atoms with Crippen molar-refractivity contribution < 1.29 is 42.7 Å². The lowest BCUT2D eigenvalue weighted by molar-refractivity contribution is -0.0129. The minimum atomic E-state index is -0.598.